The Kier molecular flexibility index (Phi) is 6.33. The van der Waals surface area contributed by atoms with Crippen molar-refractivity contribution < 1.29 is 13.9 Å². The highest BCUT2D eigenvalue weighted by molar-refractivity contribution is 7.71. The summed E-state index contributed by atoms with van der Waals surface area (Å²) in [5.74, 6) is 1.63. The zero-order valence-electron chi connectivity index (χ0n) is 17.0. The molecule has 2 atom stereocenters. The van der Waals surface area contributed by atoms with Gasteiger partial charge in [0, 0.05) is 6.04 Å². The van der Waals surface area contributed by atoms with Gasteiger partial charge in [-0.3, -0.25) is 4.79 Å². The third-order valence-electron chi connectivity index (χ3n) is 6.08. The monoisotopic (exact) mass is 415 g/mol. The Morgan fingerprint density at radius 1 is 1.24 bits per heavy atom. The van der Waals surface area contributed by atoms with Gasteiger partial charge in [0.25, 0.3) is 10.7 Å². The highest BCUT2D eigenvalue weighted by Gasteiger charge is 2.23. The van der Waals surface area contributed by atoms with Gasteiger partial charge in [-0.25, -0.2) is 4.68 Å². The van der Waals surface area contributed by atoms with Crippen molar-refractivity contribution in [2.75, 3.05) is 0 Å². The van der Waals surface area contributed by atoms with Gasteiger partial charge in [-0.1, -0.05) is 25.8 Å². The molecule has 4 rings (SSSR count). The number of aromatic nitrogens is 2. The summed E-state index contributed by atoms with van der Waals surface area (Å²) >= 11 is 5.23. The summed E-state index contributed by atoms with van der Waals surface area (Å²) in [6, 6.07) is 6.49. The minimum Gasteiger partial charge on any atom is -0.484 e. The molecule has 1 aromatic heterocycles. The van der Waals surface area contributed by atoms with Crippen molar-refractivity contribution >= 4 is 18.1 Å². The summed E-state index contributed by atoms with van der Waals surface area (Å²) < 4.78 is 12.8. The second-order valence-corrected chi connectivity index (χ2v) is 8.63. The van der Waals surface area contributed by atoms with E-state index >= 15 is 0 Å². The molecule has 1 N–H and O–H groups in total. The molecule has 0 bridgehead atoms. The number of carbonyl (C=O) groups excluding carboxylic acids is 1. The Balaban J connectivity index is 1.33. The number of carbonyl (C=O) groups is 1. The largest absolute Gasteiger partial charge is 0.484 e. The molecule has 0 spiro atoms. The van der Waals surface area contributed by atoms with E-state index in [-0.39, 0.29) is 29.9 Å². The maximum absolute atomic E-state index is 12.4. The summed E-state index contributed by atoms with van der Waals surface area (Å²) in [5, 5.41) is 7.45. The van der Waals surface area contributed by atoms with Crippen LogP contribution in [0.5, 0.6) is 5.75 Å². The van der Waals surface area contributed by atoms with Crippen LogP contribution in [0.2, 0.25) is 0 Å². The van der Waals surface area contributed by atoms with E-state index in [4.69, 9.17) is 21.4 Å². The first-order chi connectivity index (χ1) is 14.1. The van der Waals surface area contributed by atoms with Gasteiger partial charge in [0.2, 0.25) is 5.91 Å². The van der Waals surface area contributed by atoms with Crippen LogP contribution in [0.4, 0.5) is 0 Å². The van der Waals surface area contributed by atoms with Crippen LogP contribution in [-0.2, 0) is 30.8 Å². The van der Waals surface area contributed by atoms with Crippen molar-refractivity contribution in [1.82, 2.24) is 15.1 Å². The van der Waals surface area contributed by atoms with Crippen molar-refractivity contribution in [3.8, 4) is 5.75 Å². The van der Waals surface area contributed by atoms with E-state index in [1.165, 1.54) is 47.9 Å². The number of hydrogen-bond acceptors (Lipinski definition) is 5. The van der Waals surface area contributed by atoms with E-state index in [2.05, 4.69) is 29.5 Å². The number of hydrogen-bond donors (Lipinski definition) is 1. The molecule has 1 heterocycles. The fourth-order valence-corrected chi connectivity index (χ4v) is 4.57. The van der Waals surface area contributed by atoms with Crippen molar-refractivity contribution in [1.29, 1.82) is 0 Å². The fourth-order valence-electron chi connectivity index (χ4n) is 4.37. The molecule has 1 saturated carbocycles. The topological polar surface area (TPSA) is 69.3 Å². The third kappa shape index (κ3) is 5.07. The maximum Gasteiger partial charge on any atom is 0.287 e. The van der Waals surface area contributed by atoms with Crippen molar-refractivity contribution in [3.05, 3.63) is 40.1 Å². The maximum atomic E-state index is 12.4. The lowest BCUT2D eigenvalue weighted by molar-refractivity contribution is -0.123. The van der Waals surface area contributed by atoms with E-state index in [9.17, 15) is 4.79 Å². The molecule has 1 fully saturated rings. The zero-order valence-corrected chi connectivity index (χ0v) is 17.8. The van der Waals surface area contributed by atoms with Crippen LogP contribution in [0, 0.1) is 10.8 Å². The molecule has 29 heavy (non-hydrogen) atoms. The predicted octanol–water partition coefficient (Wildman–Crippen LogP) is 4.36. The first-order valence-corrected chi connectivity index (χ1v) is 11.1. The Morgan fingerprint density at radius 3 is 2.86 bits per heavy atom. The SMILES string of the molecule is C[C@H]1CCCC[C@H]1NC(=O)Cn1nc(COc2ccc3c(c2)CCCC3)oc1=S. The van der Waals surface area contributed by atoms with Gasteiger partial charge in [0.15, 0.2) is 6.61 Å². The van der Waals surface area contributed by atoms with Crippen LogP contribution < -0.4 is 10.1 Å². The minimum atomic E-state index is -0.0738. The molecule has 2 aliphatic carbocycles. The van der Waals surface area contributed by atoms with Gasteiger partial charge in [0.05, 0.1) is 0 Å². The molecule has 2 aromatic rings. The van der Waals surface area contributed by atoms with E-state index in [0.29, 0.717) is 11.8 Å². The first-order valence-electron chi connectivity index (χ1n) is 10.7. The Hall–Kier alpha value is -2.15. The van der Waals surface area contributed by atoms with Crippen molar-refractivity contribution in [3.63, 3.8) is 0 Å². The summed E-state index contributed by atoms with van der Waals surface area (Å²) in [6.07, 6.45) is 9.37. The zero-order chi connectivity index (χ0) is 20.2. The van der Waals surface area contributed by atoms with E-state index in [1.807, 2.05) is 6.07 Å². The number of fused-ring (bicyclic) bond motifs is 1. The summed E-state index contributed by atoms with van der Waals surface area (Å²) in [4.78, 5) is 12.6. The molecular formula is C22H29N3O3S. The first kappa shape index (κ1) is 20.1. The van der Waals surface area contributed by atoms with Crippen LogP contribution in [-0.4, -0.2) is 21.7 Å². The lowest BCUT2D eigenvalue weighted by atomic mass is 9.86. The van der Waals surface area contributed by atoms with E-state index in [0.717, 1.165) is 25.0 Å². The summed E-state index contributed by atoms with van der Waals surface area (Å²) in [7, 11) is 0. The Labute approximate surface area is 176 Å². The van der Waals surface area contributed by atoms with Crippen LogP contribution in [0.1, 0.15) is 62.5 Å². The molecule has 156 valence electrons. The number of nitrogens with zero attached hydrogens (tertiary/aromatic N) is 2. The molecule has 0 aliphatic heterocycles. The molecule has 0 unspecified atom stereocenters. The predicted molar refractivity (Wildman–Crippen MR) is 112 cm³/mol. The molecule has 1 amide bonds. The number of nitrogens with one attached hydrogen (secondary N) is 1. The molecule has 6 nitrogen and oxygen atoms in total. The molecule has 0 radical (unpaired) electrons. The highest BCUT2D eigenvalue weighted by atomic mass is 32.1. The van der Waals surface area contributed by atoms with Crippen molar-refractivity contribution in [2.24, 2.45) is 5.92 Å². The minimum absolute atomic E-state index is 0.0738. The second kappa shape index (κ2) is 9.11. The van der Waals surface area contributed by atoms with Gasteiger partial charge in [-0.15, -0.1) is 5.10 Å². The average Bonchev–Trinajstić information content (AvgIpc) is 3.07. The normalized spacial score (nSPS) is 21.4. The summed E-state index contributed by atoms with van der Waals surface area (Å²) in [5.41, 5.74) is 2.79. The van der Waals surface area contributed by atoms with Gasteiger partial charge >= 0.3 is 0 Å². The van der Waals surface area contributed by atoms with Gasteiger partial charge in [-0.05, 0) is 79.9 Å². The highest BCUT2D eigenvalue weighted by Crippen LogP contribution is 2.26. The van der Waals surface area contributed by atoms with E-state index in [1.54, 1.807) is 0 Å². The van der Waals surface area contributed by atoms with Crippen LogP contribution >= 0.6 is 12.2 Å². The second-order valence-electron chi connectivity index (χ2n) is 8.28. The fraction of sp³-hybridized carbons (Fsp3) is 0.591. The number of ether oxygens (including phenoxy) is 1. The summed E-state index contributed by atoms with van der Waals surface area (Å²) in [6.45, 7) is 2.46. The Bertz CT molecular complexity index is 920. The molecule has 7 heteroatoms. The van der Waals surface area contributed by atoms with Crippen LogP contribution in [0.25, 0.3) is 0 Å². The van der Waals surface area contributed by atoms with Crippen LogP contribution in [0.15, 0.2) is 22.6 Å². The molecule has 1 aromatic carbocycles. The quantitative estimate of drug-likeness (QED) is 0.710. The number of benzene rings is 1. The number of rotatable bonds is 6. The molecule has 0 saturated heterocycles. The van der Waals surface area contributed by atoms with Gasteiger partial charge < -0.3 is 14.5 Å². The number of amides is 1. The molecular weight excluding hydrogens is 386 g/mol. The number of aryl methyl sites for hydroxylation is 2. The molecule has 2 aliphatic rings. The van der Waals surface area contributed by atoms with Gasteiger partial charge in [-0.2, -0.15) is 0 Å². The Morgan fingerprint density at radius 2 is 2.03 bits per heavy atom. The van der Waals surface area contributed by atoms with Crippen molar-refractivity contribution in [2.45, 2.75) is 77.5 Å². The van der Waals surface area contributed by atoms with Crippen LogP contribution in [0.3, 0.4) is 0 Å². The average molecular weight is 416 g/mol. The third-order valence-corrected chi connectivity index (χ3v) is 6.38. The smallest absolute Gasteiger partial charge is 0.287 e. The lowest BCUT2D eigenvalue weighted by Crippen LogP contribution is -2.42. The van der Waals surface area contributed by atoms with Gasteiger partial charge in [0.1, 0.15) is 12.3 Å². The lowest BCUT2D eigenvalue weighted by Gasteiger charge is -2.29. The standard InChI is InChI=1S/C22H29N3O3S/c1-15-6-2-5-9-19(15)23-20(26)13-25-22(29)28-21(24-25)14-27-18-11-10-16-7-3-4-8-17(16)12-18/h10-12,15,19H,2-9,13-14H2,1H3,(H,23,26)/t15-,19+/m0/s1. The van der Waals surface area contributed by atoms with E-state index < -0.39 is 0 Å².